The Kier molecular flexibility index (Phi) is 27.8. The number of esters is 4. The first kappa shape index (κ1) is 70.5. The van der Waals surface area contributed by atoms with Crippen LogP contribution in [0.3, 0.4) is 0 Å². The van der Waals surface area contributed by atoms with Gasteiger partial charge in [0.15, 0.2) is 24.6 Å². The predicted octanol–water partition coefficient (Wildman–Crippen LogP) is -2.69. The highest BCUT2D eigenvalue weighted by Gasteiger charge is 2.54. The van der Waals surface area contributed by atoms with Crippen molar-refractivity contribution in [3.8, 4) is 5.75 Å². The molecular weight excluding hydrogens is 1120 g/mol. The smallest absolute Gasteiger partial charge is 0.305 e. The normalized spacial score (nSPS) is 19.2. The van der Waals surface area contributed by atoms with E-state index in [0.717, 1.165) is 27.7 Å². The number of primary amides is 1. The molecule has 1 aliphatic heterocycles. The van der Waals surface area contributed by atoms with Gasteiger partial charge in [0, 0.05) is 34.1 Å². The highest BCUT2D eigenvalue weighted by molar-refractivity contribution is 5.98. The largest absolute Gasteiger partial charge is 0.508 e. The lowest BCUT2D eigenvalue weighted by Crippen LogP contribution is -2.65. The fraction of sp³-hybridized carbons (Fsp3) is 0.545. The van der Waals surface area contributed by atoms with Gasteiger partial charge in [0.25, 0.3) is 0 Å². The molecule has 30 nitrogen and oxygen atoms in total. The van der Waals surface area contributed by atoms with Crippen LogP contribution in [0, 0.1) is 11.8 Å². The first-order valence-corrected chi connectivity index (χ1v) is 26.9. The number of nitrogens with one attached hydrogen (secondary N) is 7. The van der Waals surface area contributed by atoms with Gasteiger partial charge >= 0.3 is 29.8 Å². The summed E-state index contributed by atoms with van der Waals surface area (Å²) < 4.78 is 33.5. The molecule has 0 aromatic heterocycles. The number of carbonyl (C=O) groups excluding carboxylic acids is 12. The zero-order valence-corrected chi connectivity index (χ0v) is 48.7. The van der Waals surface area contributed by atoms with Crippen molar-refractivity contribution in [1.82, 2.24) is 37.2 Å². The highest BCUT2D eigenvalue weighted by Crippen LogP contribution is 2.31. The molecule has 13 atom stereocenters. The fourth-order valence-electron chi connectivity index (χ4n) is 8.46. The molecule has 468 valence electrons. The lowest BCUT2D eigenvalue weighted by atomic mass is 9.97. The molecule has 2 aromatic carbocycles. The summed E-state index contributed by atoms with van der Waals surface area (Å²) in [5, 5.41) is 36.6. The van der Waals surface area contributed by atoms with Crippen molar-refractivity contribution >= 4 is 77.1 Å². The van der Waals surface area contributed by atoms with Crippen molar-refractivity contribution < 1.29 is 101 Å². The molecule has 85 heavy (non-hydrogen) atoms. The van der Waals surface area contributed by atoms with E-state index in [9.17, 15) is 72.5 Å². The van der Waals surface area contributed by atoms with E-state index in [0.29, 0.717) is 11.1 Å². The number of carboxylic acid groups (broad SMARTS) is 1. The van der Waals surface area contributed by atoms with E-state index in [1.807, 2.05) is 0 Å². The molecule has 0 saturated carbocycles. The van der Waals surface area contributed by atoms with Crippen molar-refractivity contribution in [2.75, 3.05) is 13.2 Å². The molecule has 1 heterocycles. The van der Waals surface area contributed by atoms with Crippen molar-refractivity contribution in [2.24, 2.45) is 23.3 Å². The molecule has 0 unspecified atom stereocenters. The maximum Gasteiger partial charge on any atom is 0.305 e. The molecule has 8 amide bonds. The summed E-state index contributed by atoms with van der Waals surface area (Å²) in [6.07, 6.45) is -11.2. The Morgan fingerprint density at radius 3 is 1.56 bits per heavy atom. The second-order valence-electron chi connectivity index (χ2n) is 20.7. The van der Waals surface area contributed by atoms with Crippen molar-refractivity contribution in [2.45, 2.75) is 168 Å². The molecule has 1 saturated heterocycles. The molecule has 13 N–H and O–H groups in total. The zero-order valence-electron chi connectivity index (χ0n) is 48.7. The van der Waals surface area contributed by atoms with Crippen LogP contribution in [0.1, 0.15) is 86.8 Å². The topological polar surface area (TPSA) is 454 Å². The van der Waals surface area contributed by atoms with Crippen LogP contribution in [0.5, 0.6) is 5.75 Å². The minimum Gasteiger partial charge on any atom is -0.508 e. The SMILES string of the molecule is CC(=O)OC[C@H]1O[C@@H](O[C@H](C)[C@H](NC(=O)[C@@H](NC(=O)[C@@H](NC(=O)[C@H](CC(=O)O)NC(=O)[C@H](Cc2ccccc2)NC(=O)[C@@H](C)NC(=O)[C@@H](N)Cc2ccc(O)cc2)C(C)C)C(C)C)C(=O)NCC(N)=O)[C@H](OC(C)=O)[C@@H](OC(C)=O)[C@@H]1OC(C)=O. The number of phenols is 1. The molecule has 0 aliphatic carbocycles. The van der Waals surface area contributed by atoms with E-state index in [2.05, 4.69) is 37.2 Å². The predicted molar refractivity (Wildman–Crippen MR) is 294 cm³/mol. The summed E-state index contributed by atoms with van der Waals surface area (Å²) >= 11 is 0. The van der Waals surface area contributed by atoms with Gasteiger partial charge in [-0.05, 0) is 55.4 Å². The lowest BCUT2D eigenvalue weighted by molar-refractivity contribution is -0.316. The van der Waals surface area contributed by atoms with E-state index < -0.39 is 188 Å². The van der Waals surface area contributed by atoms with Crippen LogP contribution in [0.25, 0.3) is 0 Å². The Morgan fingerprint density at radius 2 is 1.05 bits per heavy atom. The van der Waals surface area contributed by atoms with Crippen molar-refractivity contribution in [1.29, 1.82) is 0 Å². The molecule has 0 radical (unpaired) electrons. The quantitative estimate of drug-likeness (QED) is 0.0270. The first-order valence-electron chi connectivity index (χ1n) is 26.9. The molecule has 30 heteroatoms. The number of nitrogens with two attached hydrogens (primary N) is 2. The highest BCUT2D eigenvalue weighted by atomic mass is 16.7. The maximum absolute atomic E-state index is 14.4. The summed E-state index contributed by atoms with van der Waals surface area (Å²) in [7, 11) is 0. The second-order valence-corrected chi connectivity index (χ2v) is 20.7. The monoisotopic (exact) mass is 1200 g/mol. The van der Waals surface area contributed by atoms with Crippen LogP contribution < -0.4 is 48.7 Å². The molecule has 2 aromatic rings. The molecule has 0 spiro atoms. The van der Waals surface area contributed by atoms with Crippen molar-refractivity contribution in [3.05, 3.63) is 65.7 Å². The van der Waals surface area contributed by atoms with E-state index in [1.54, 1.807) is 42.5 Å². The molecule has 0 bridgehead atoms. The number of hydrogen-bond donors (Lipinski definition) is 11. The Balaban J connectivity index is 1.91. The van der Waals surface area contributed by atoms with E-state index in [-0.39, 0.29) is 18.6 Å². The minimum absolute atomic E-state index is 0.00376. The molecule has 1 aliphatic rings. The fourth-order valence-corrected chi connectivity index (χ4v) is 8.46. The third kappa shape index (κ3) is 23.4. The van der Waals surface area contributed by atoms with Gasteiger partial charge in [-0.25, -0.2) is 0 Å². The zero-order chi connectivity index (χ0) is 64.0. The standard InChI is InChI=1S/C55H77N9O21/c1-25(2)42(62-51(76)38(22-41(71)72)61-50(75)37(21-33-14-12-11-13-15-33)60-48(73)27(5)59-49(74)36(56)20-34-16-18-35(69)19-17-34)53(78)63-43(26(3)4)54(79)64-44(52(77)58-23-40(57)70)28(6)81-55-47(84-32(10)68)46(83-31(9)67)45(82-30(8)66)39(85-55)24-80-29(7)65/h11-19,25-28,36-39,42-47,55,69H,20-24,56H2,1-10H3,(H2,57,70)(H,58,77)(H,59,74)(H,60,73)(H,61,75)(H,62,76)(H,63,78)(H,64,79)(H,71,72)/t27-,28-,36+,37+,38+,39-,42+,43+,44+,45-,46+,47-,55-/m1/s1. The van der Waals surface area contributed by atoms with E-state index in [4.69, 9.17) is 39.9 Å². The number of ether oxygens (including phenoxy) is 6. The van der Waals surface area contributed by atoms with Gasteiger partial charge in [-0.2, -0.15) is 0 Å². The van der Waals surface area contributed by atoms with E-state index >= 15 is 0 Å². The number of hydrogen-bond acceptors (Lipinski definition) is 21. The first-order chi connectivity index (χ1) is 39.8. The van der Waals surface area contributed by atoms with Gasteiger partial charge in [0.05, 0.1) is 25.1 Å². The molecular formula is C55H77N9O21. The second kappa shape index (κ2) is 33.5. The summed E-state index contributed by atoms with van der Waals surface area (Å²) in [6, 6.07) is 3.50. The molecule has 3 rings (SSSR count). The van der Waals surface area contributed by atoms with Gasteiger partial charge in [-0.1, -0.05) is 70.2 Å². The van der Waals surface area contributed by atoms with Crippen molar-refractivity contribution in [3.63, 3.8) is 0 Å². The summed E-state index contributed by atoms with van der Waals surface area (Å²) in [6.45, 7) is 11.2. The van der Waals surface area contributed by atoms with Crippen LogP contribution in [0.15, 0.2) is 54.6 Å². The van der Waals surface area contributed by atoms with Crippen LogP contribution in [-0.4, -0.2) is 180 Å². The average molecular weight is 1200 g/mol. The Morgan fingerprint density at radius 1 is 0.553 bits per heavy atom. The average Bonchev–Trinajstić information content (AvgIpc) is 2.26. The van der Waals surface area contributed by atoms with Gasteiger partial charge < -0.3 is 87.3 Å². The lowest BCUT2D eigenvalue weighted by Gasteiger charge is -2.45. The van der Waals surface area contributed by atoms with Crippen LogP contribution >= 0.6 is 0 Å². The number of rotatable bonds is 31. The van der Waals surface area contributed by atoms with Gasteiger partial charge in [-0.15, -0.1) is 0 Å². The third-order valence-electron chi connectivity index (χ3n) is 12.7. The van der Waals surface area contributed by atoms with Crippen LogP contribution in [0.4, 0.5) is 0 Å². The van der Waals surface area contributed by atoms with Gasteiger partial charge in [0.2, 0.25) is 47.3 Å². The van der Waals surface area contributed by atoms with Gasteiger partial charge in [-0.3, -0.25) is 62.3 Å². The van der Waals surface area contributed by atoms with Crippen LogP contribution in [0.2, 0.25) is 0 Å². The minimum atomic E-state index is -1.89. The summed E-state index contributed by atoms with van der Waals surface area (Å²) in [4.78, 5) is 170. The third-order valence-corrected chi connectivity index (χ3v) is 12.7. The Labute approximate surface area is 489 Å². The number of carboxylic acids is 1. The summed E-state index contributed by atoms with van der Waals surface area (Å²) in [5.74, 6) is -14.8. The number of benzene rings is 2. The summed E-state index contributed by atoms with van der Waals surface area (Å²) in [5.41, 5.74) is 12.5. The number of amides is 8. The number of carbonyl (C=O) groups is 13. The molecule has 1 fully saturated rings. The Hall–Kier alpha value is -8.77. The number of aromatic hydroxyl groups is 1. The maximum atomic E-state index is 14.4. The Bertz CT molecular complexity index is 2710. The number of aliphatic carboxylic acids is 1. The number of phenolic OH excluding ortho intramolecular Hbond substituents is 1. The van der Waals surface area contributed by atoms with Crippen LogP contribution in [-0.2, 0) is 104 Å². The van der Waals surface area contributed by atoms with E-state index in [1.165, 1.54) is 53.7 Å². The van der Waals surface area contributed by atoms with Gasteiger partial charge in [0.1, 0.15) is 54.7 Å².